The maximum Gasteiger partial charge on any atom is 0.298 e. The highest BCUT2D eigenvalue weighted by atomic mass is 35.5. The Kier molecular flexibility index (Phi) is 3.90. The van der Waals surface area contributed by atoms with Gasteiger partial charge in [0.2, 0.25) is 5.12 Å². The lowest BCUT2D eigenvalue weighted by molar-refractivity contribution is -0.107. The Morgan fingerprint density at radius 1 is 1.04 bits per heavy atom. The molecule has 6 heteroatoms. The molecule has 1 aliphatic heterocycles. The number of hydrogen-bond acceptors (Lipinski definition) is 3. The molecule has 4 rings (SSSR count). The average molecular weight is 369 g/mol. The number of rotatable bonds is 3. The minimum Gasteiger partial charge on any atom is -0.343 e. The number of carbonyl (C=O) groups excluding carboxylic acids is 2. The quantitative estimate of drug-likeness (QED) is 0.607. The van der Waals surface area contributed by atoms with Crippen LogP contribution in [0.15, 0.2) is 67.0 Å². The summed E-state index contributed by atoms with van der Waals surface area (Å²) in [5.74, 6) is 0. The van der Waals surface area contributed by atoms with Gasteiger partial charge in [0, 0.05) is 34.9 Å². The van der Waals surface area contributed by atoms with Crippen LogP contribution in [0.2, 0.25) is 5.02 Å². The van der Waals surface area contributed by atoms with Crippen molar-refractivity contribution in [2.75, 3.05) is 4.90 Å². The van der Waals surface area contributed by atoms with Crippen molar-refractivity contribution >= 4 is 50.3 Å². The molecule has 3 aromatic rings. The SMILES string of the molecule is C=C1C(=O)SC(=O)N1c1cccc2c1ccn2Cc1ccc(Cl)cc1. The van der Waals surface area contributed by atoms with Gasteiger partial charge in [-0.3, -0.25) is 14.5 Å². The number of aromatic nitrogens is 1. The van der Waals surface area contributed by atoms with Gasteiger partial charge in [-0.2, -0.15) is 0 Å². The molecule has 0 atom stereocenters. The first-order valence-electron chi connectivity index (χ1n) is 7.62. The highest BCUT2D eigenvalue weighted by Gasteiger charge is 2.35. The number of thioether (sulfide) groups is 1. The van der Waals surface area contributed by atoms with Crippen molar-refractivity contribution in [2.24, 2.45) is 0 Å². The van der Waals surface area contributed by atoms with Crippen LogP contribution in [-0.2, 0) is 11.3 Å². The van der Waals surface area contributed by atoms with Crippen LogP contribution >= 0.6 is 23.4 Å². The molecule has 124 valence electrons. The van der Waals surface area contributed by atoms with Crippen molar-refractivity contribution < 1.29 is 9.59 Å². The molecule has 2 heterocycles. The van der Waals surface area contributed by atoms with Crippen LogP contribution in [0.3, 0.4) is 0 Å². The van der Waals surface area contributed by atoms with Crippen LogP contribution in [0.1, 0.15) is 5.56 Å². The maximum absolute atomic E-state index is 12.2. The summed E-state index contributed by atoms with van der Waals surface area (Å²) < 4.78 is 2.10. The zero-order chi connectivity index (χ0) is 17.6. The van der Waals surface area contributed by atoms with Gasteiger partial charge in [-0.1, -0.05) is 36.4 Å². The van der Waals surface area contributed by atoms with Crippen molar-refractivity contribution in [3.63, 3.8) is 0 Å². The molecular weight excluding hydrogens is 356 g/mol. The van der Waals surface area contributed by atoms with E-state index in [4.69, 9.17) is 11.6 Å². The fourth-order valence-electron chi connectivity index (χ4n) is 2.96. The van der Waals surface area contributed by atoms with Crippen LogP contribution < -0.4 is 4.90 Å². The standard InChI is InChI=1S/C19H13ClN2O2S/c1-12-18(23)25-19(24)22(12)17-4-2-3-16-15(17)9-10-21(16)11-13-5-7-14(20)8-6-13/h2-10H,1,11H2. The number of halogens is 1. The van der Waals surface area contributed by atoms with E-state index in [0.717, 1.165) is 16.5 Å². The molecule has 4 nitrogen and oxygen atoms in total. The summed E-state index contributed by atoms with van der Waals surface area (Å²) in [4.78, 5) is 25.3. The first kappa shape index (κ1) is 16.0. The summed E-state index contributed by atoms with van der Waals surface area (Å²) in [7, 11) is 0. The van der Waals surface area contributed by atoms with E-state index >= 15 is 0 Å². The monoisotopic (exact) mass is 368 g/mol. The molecular formula is C19H13ClN2O2S. The van der Waals surface area contributed by atoms with E-state index in [1.165, 1.54) is 4.90 Å². The molecule has 0 aliphatic carbocycles. The van der Waals surface area contributed by atoms with Gasteiger partial charge >= 0.3 is 0 Å². The lowest BCUT2D eigenvalue weighted by Crippen LogP contribution is -2.20. The molecule has 0 saturated carbocycles. The predicted octanol–water partition coefficient (Wildman–Crippen LogP) is 5.06. The Morgan fingerprint density at radius 3 is 2.48 bits per heavy atom. The molecule has 0 spiro atoms. The van der Waals surface area contributed by atoms with Crippen molar-refractivity contribution in [1.82, 2.24) is 4.57 Å². The molecule has 1 aliphatic rings. The third kappa shape index (κ3) is 2.75. The van der Waals surface area contributed by atoms with E-state index in [9.17, 15) is 9.59 Å². The van der Waals surface area contributed by atoms with E-state index in [2.05, 4.69) is 11.1 Å². The van der Waals surface area contributed by atoms with Gasteiger partial charge in [-0.05, 0) is 35.9 Å². The summed E-state index contributed by atoms with van der Waals surface area (Å²) >= 11 is 6.62. The summed E-state index contributed by atoms with van der Waals surface area (Å²) in [6.45, 7) is 4.44. The van der Waals surface area contributed by atoms with Crippen LogP contribution in [-0.4, -0.2) is 14.9 Å². The highest BCUT2D eigenvalue weighted by Crippen LogP contribution is 2.37. The van der Waals surface area contributed by atoms with E-state index in [-0.39, 0.29) is 16.1 Å². The van der Waals surface area contributed by atoms with Gasteiger partial charge < -0.3 is 4.57 Å². The molecule has 2 aromatic carbocycles. The Balaban J connectivity index is 1.76. The zero-order valence-electron chi connectivity index (χ0n) is 13.1. The van der Waals surface area contributed by atoms with Crippen LogP contribution in [0, 0.1) is 0 Å². The smallest absolute Gasteiger partial charge is 0.298 e. The Bertz CT molecular complexity index is 1020. The van der Waals surface area contributed by atoms with Gasteiger partial charge in [-0.15, -0.1) is 0 Å². The summed E-state index contributed by atoms with van der Waals surface area (Å²) in [5.41, 5.74) is 2.99. The van der Waals surface area contributed by atoms with Crippen molar-refractivity contribution in [1.29, 1.82) is 0 Å². The number of carbonyl (C=O) groups is 2. The Labute approximate surface area is 153 Å². The number of amides is 1. The first-order chi connectivity index (χ1) is 12.0. The number of hydrogen-bond donors (Lipinski definition) is 0. The first-order valence-corrected chi connectivity index (χ1v) is 8.81. The van der Waals surface area contributed by atoms with Crippen LogP contribution in [0.4, 0.5) is 10.5 Å². The second kappa shape index (κ2) is 6.10. The average Bonchev–Trinajstić information content (AvgIpc) is 3.11. The highest BCUT2D eigenvalue weighted by molar-refractivity contribution is 8.27. The lowest BCUT2D eigenvalue weighted by atomic mass is 10.2. The number of benzene rings is 2. The van der Waals surface area contributed by atoms with Crippen molar-refractivity contribution in [3.8, 4) is 0 Å². The molecule has 1 fully saturated rings. The largest absolute Gasteiger partial charge is 0.343 e. The number of fused-ring (bicyclic) bond motifs is 1. The Morgan fingerprint density at radius 2 is 1.80 bits per heavy atom. The summed E-state index contributed by atoms with van der Waals surface area (Å²) in [6, 6.07) is 15.4. The van der Waals surface area contributed by atoms with Gasteiger partial charge in [0.05, 0.1) is 16.9 Å². The van der Waals surface area contributed by atoms with Gasteiger partial charge in [0.15, 0.2) is 0 Å². The molecule has 0 unspecified atom stereocenters. The summed E-state index contributed by atoms with van der Waals surface area (Å²) in [6.07, 6.45) is 1.97. The molecule has 25 heavy (non-hydrogen) atoms. The second-order valence-electron chi connectivity index (χ2n) is 5.72. The van der Waals surface area contributed by atoms with Gasteiger partial charge in [0.25, 0.3) is 5.24 Å². The lowest BCUT2D eigenvalue weighted by Gasteiger charge is -2.16. The van der Waals surface area contributed by atoms with Gasteiger partial charge in [-0.25, -0.2) is 0 Å². The van der Waals surface area contributed by atoms with E-state index < -0.39 is 0 Å². The van der Waals surface area contributed by atoms with Crippen molar-refractivity contribution in [2.45, 2.75) is 6.54 Å². The van der Waals surface area contributed by atoms with Crippen LogP contribution in [0.5, 0.6) is 0 Å². The third-order valence-electron chi connectivity index (χ3n) is 4.17. The normalized spacial score (nSPS) is 14.8. The fourth-order valence-corrected chi connectivity index (χ4v) is 3.75. The molecule has 0 N–H and O–H groups in total. The number of anilines is 1. The van der Waals surface area contributed by atoms with E-state index in [1.54, 1.807) is 0 Å². The van der Waals surface area contributed by atoms with Crippen molar-refractivity contribution in [3.05, 3.63) is 77.6 Å². The van der Waals surface area contributed by atoms with Gasteiger partial charge in [0.1, 0.15) is 0 Å². The Hall–Kier alpha value is -2.50. The molecule has 0 radical (unpaired) electrons. The van der Waals surface area contributed by atoms with E-state index in [1.807, 2.05) is 54.7 Å². The minimum absolute atomic E-state index is 0.202. The zero-order valence-corrected chi connectivity index (χ0v) is 14.7. The molecule has 1 amide bonds. The van der Waals surface area contributed by atoms with Crippen LogP contribution in [0.25, 0.3) is 10.9 Å². The minimum atomic E-state index is -0.312. The number of nitrogens with zero attached hydrogens (tertiary/aromatic N) is 2. The second-order valence-corrected chi connectivity index (χ2v) is 7.08. The topological polar surface area (TPSA) is 42.3 Å². The summed E-state index contributed by atoms with van der Waals surface area (Å²) in [5, 5.41) is 0.994. The fraction of sp³-hybridized carbons (Fsp3) is 0.0526. The molecule has 1 aromatic heterocycles. The predicted molar refractivity (Wildman–Crippen MR) is 102 cm³/mol. The molecule has 0 bridgehead atoms. The molecule has 1 saturated heterocycles. The maximum atomic E-state index is 12.2. The third-order valence-corrected chi connectivity index (χ3v) is 5.20. The van der Waals surface area contributed by atoms with E-state index in [0.29, 0.717) is 29.0 Å².